The van der Waals surface area contributed by atoms with E-state index in [1.54, 1.807) is 7.11 Å². The molecule has 94 valence electrons. The van der Waals surface area contributed by atoms with E-state index in [0.717, 1.165) is 19.5 Å². The second kappa shape index (κ2) is 6.21. The van der Waals surface area contributed by atoms with Gasteiger partial charge in [0.1, 0.15) is 0 Å². The number of amides is 1. The van der Waals surface area contributed by atoms with E-state index in [4.69, 9.17) is 4.74 Å². The van der Waals surface area contributed by atoms with E-state index in [-0.39, 0.29) is 11.4 Å². The molecule has 0 aromatic heterocycles. The summed E-state index contributed by atoms with van der Waals surface area (Å²) >= 11 is 0. The van der Waals surface area contributed by atoms with Crippen LogP contribution in [0.4, 0.5) is 0 Å². The topological polar surface area (TPSA) is 50.4 Å². The van der Waals surface area contributed by atoms with Gasteiger partial charge < -0.3 is 15.4 Å². The highest BCUT2D eigenvalue weighted by atomic mass is 16.5. The van der Waals surface area contributed by atoms with Crippen molar-refractivity contribution in [2.24, 2.45) is 5.92 Å². The van der Waals surface area contributed by atoms with Gasteiger partial charge in [-0.25, -0.2) is 0 Å². The quantitative estimate of drug-likeness (QED) is 0.710. The second-order valence-electron chi connectivity index (χ2n) is 5.26. The number of nitrogens with one attached hydrogen (secondary N) is 2. The Morgan fingerprint density at radius 3 is 2.88 bits per heavy atom. The van der Waals surface area contributed by atoms with Crippen molar-refractivity contribution in [1.29, 1.82) is 0 Å². The molecule has 0 radical (unpaired) electrons. The van der Waals surface area contributed by atoms with Gasteiger partial charge in [-0.3, -0.25) is 4.79 Å². The minimum absolute atomic E-state index is 0.133. The molecule has 0 aromatic rings. The third-order valence-electron chi connectivity index (χ3n) is 2.93. The SMILES string of the molecule is COCC(C)(C)NC(=O)CCC1CCNC1. The van der Waals surface area contributed by atoms with E-state index >= 15 is 0 Å². The smallest absolute Gasteiger partial charge is 0.220 e. The summed E-state index contributed by atoms with van der Waals surface area (Å²) in [6, 6.07) is 0. The monoisotopic (exact) mass is 228 g/mol. The molecular formula is C12H24N2O2. The van der Waals surface area contributed by atoms with Gasteiger partial charge in [-0.15, -0.1) is 0 Å². The number of hydrogen-bond donors (Lipinski definition) is 2. The summed E-state index contributed by atoms with van der Waals surface area (Å²) in [6.45, 7) is 6.66. The molecule has 0 aliphatic carbocycles. The Morgan fingerprint density at radius 1 is 1.56 bits per heavy atom. The fraction of sp³-hybridized carbons (Fsp3) is 0.917. The predicted molar refractivity (Wildman–Crippen MR) is 64.3 cm³/mol. The van der Waals surface area contributed by atoms with Gasteiger partial charge in [0.25, 0.3) is 0 Å². The lowest BCUT2D eigenvalue weighted by Crippen LogP contribution is -2.46. The largest absolute Gasteiger partial charge is 0.382 e. The van der Waals surface area contributed by atoms with Crippen molar-refractivity contribution in [2.75, 3.05) is 26.8 Å². The third kappa shape index (κ3) is 4.94. The molecule has 0 aromatic carbocycles. The highest BCUT2D eigenvalue weighted by Crippen LogP contribution is 2.14. The van der Waals surface area contributed by atoms with Crippen LogP contribution in [0.15, 0.2) is 0 Å². The highest BCUT2D eigenvalue weighted by molar-refractivity contribution is 5.76. The maximum absolute atomic E-state index is 11.7. The van der Waals surface area contributed by atoms with Crippen LogP contribution < -0.4 is 10.6 Å². The van der Waals surface area contributed by atoms with Crippen LogP contribution in [-0.2, 0) is 9.53 Å². The van der Waals surface area contributed by atoms with E-state index in [2.05, 4.69) is 10.6 Å². The fourth-order valence-corrected chi connectivity index (χ4v) is 2.13. The molecular weight excluding hydrogens is 204 g/mol. The Kier molecular flexibility index (Phi) is 5.22. The molecule has 1 rings (SSSR count). The second-order valence-corrected chi connectivity index (χ2v) is 5.26. The number of carbonyl (C=O) groups is 1. The van der Waals surface area contributed by atoms with Gasteiger partial charge >= 0.3 is 0 Å². The molecule has 16 heavy (non-hydrogen) atoms. The van der Waals surface area contributed by atoms with E-state index in [9.17, 15) is 4.79 Å². The summed E-state index contributed by atoms with van der Waals surface area (Å²) in [4.78, 5) is 11.7. The Bertz CT molecular complexity index is 223. The molecule has 4 nitrogen and oxygen atoms in total. The van der Waals surface area contributed by atoms with Crippen molar-refractivity contribution in [3.8, 4) is 0 Å². The summed E-state index contributed by atoms with van der Waals surface area (Å²) in [7, 11) is 1.65. The Balaban J connectivity index is 2.19. The lowest BCUT2D eigenvalue weighted by atomic mass is 10.0. The van der Waals surface area contributed by atoms with Crippen molar-refractivity contribution < 1.29 is 9.53 Å². The average molecular weight is 228 g/mol. The van der Waals surface area contributed by atoms with Gasteiger partial charge in [-0.2, -0.15) is 0 Å². The number of carbonyl (C=O) groups excluding carboxylic acids is 1. The first kappa shape index (κ1) is 13.5. The lowest BCUT2D eigenvalue weighted by molar-refractivity contribution is -0.123. The number of methoxy groups -OCH3 is 1. The van der Waals surface area contributed by atoms with Crippen LogP contribution in [0.25, 0.3) is 0 Å². The minimum atomic E-state index is -0.264. The average Bonchev–Trinajstić information content (AvgIpc) is 2.66. The zero-order valence-electron chi connectivity index (χ0n) is 10.6. The number of ether oxygens (including phenoxy) is 1. The van der Waals surface area contributed by atoms with Crippen LogP contribution in [0.5, 0.6) is 0 Å². The Morgan fingerprint density at radius 2 is 2.31 bits per heavy atom. The van der Waals surface area contributed by atoms with Gasteiger partial charge in [-0.1, -0.05) is 0 Å². The molecule has 1 aliphatic heterocycles. The third-order valence-corrected chi connectivity index (χ3v) is 2.93. The van der Waals surface area contributed by atoms with E-state index < -0.39 is 0 Å². The minimum Gasteiger partial charge on any atom is -0.382 e. The predicted octanol–water partition coefficient (Wildman–Crippen LogP) is 0.917. The summed E-state index contributed by atoms with van der Waals surface area (Å²) in [6.07, 6.45) is 2.82. The molecule has 1 fully saturated rings. The van der Waals surface area contributed by atoms with Gasteiger partial charge in [-0.05, 0) is 45.7 Å². The summed E-state index contributed by atoms with van der Waals surface area (Å²) < 4.78 is 5.06. The van der Waals surface area contributed by atoms with Crippen molar-refractivity contribution in [2.45, 2.75) is 38.6 Å². The van der Waals surface area contributed by atoms with E-state index in [1.165, 1.54) is 6.42 Å². The van der Waals surface area contributed by atoms with Crippen LogP contribution in [0.1, 0.15) is 33.1 Å². The van der Waals surface area contributed by atoms with Gasteiger partial charge in [0.15, 0.2) is 0 Å². The molecule has 4 heteroatoms. The summed E-state index contributed by atoms with van der Waals surface area (Å²) in [5, 5.41) is 6.31. The van der Waals surface area contributed by atoms with Crippen LogP contribution in [0.3, 0.4) is 0 Å². The first-order valence-electron chi connectivity index (χ1n) is 6.04. The van der Waals surface area contributed by atoms with Gasteiger partial charge in [0.2, 0.25) is 5.91 Å². The molecule has 1 aliphatic rings. The standard InChI is InChI=1S/C12H24N2O2/c1-12(2,9-16-3)14-11(15)5-4-10-6-7-13-8-10/h10,13H,4-9H2,1-3H3,(H,14,15). The van der Waals surface area contributed by atoms with Crippen LogP contribution in [-0.4, -0.2) is 38.3 Å². The van der Waals surface area contributed by atoms with Crippen molar-refractivity contribution >= 4 is 5.91 Å². The normalized spacial score (nSPS) is 21.1. The van der Waals surface area contributed by atoms with Crippen molar-refractivity contribution in [3.05, 3.63) is 0 Å². The van der Waals surface area contributed by atoms with Crippen LogP contribution >= 0.6 is 0 Å². The zero-order valence-corrected chi connectivity index (χ0v) is 10.6. The van der Waals surface area contributed by atoms with Crippen LogP contribution in [0.2, 0.25) is 0 Å². The summed E-state index contributed by atoms with van der Waals surface area (Å²) in [5.41, 5.74) is -0.264. The molecule has 0 bridgehead atoms. The Labute approximate surface area is 98.1 Å². The maximum atomic E-state index is 11.7. The molecule has 1 heterocycles. The van der Waals surface area contributed by atoms with Crippen molar-refractivity contribution in [3.63, 3.8) is 0 Å². The first-order chi connectivity index (χ1) is 7.53. The highest BCUT2D eigenvalue weighted by Gasteiger charge is 2.21. The molecule has 1 unspecified atom stereocenters. The number of rotatable bonds is 6. The van der Waals surface area contributed by atoms with E-state index in [0.29, 0.717) is 18.9 Å². The molecule has 1 atom stereocenters. The molecule has 0 spiro atoms. The number of hydrogen-bond acceptors (Lipinski definition) is 3. The molecule has 1 amide bonds. The van der Waals surface area contributed by atoms with Gasteiger partial charge in [0, 0.05) is 13.5 Å². The van der Waals surface area contributed by atoms with Gasteiger partial charge in [0.05, 0.1) is 12.1 Å². The van der Waals surface area contributed by atoms with E-state index in [1.807, 2.05) is 13.8 Å². The van der Waals surface area contributed by atoms with Crippen LogP contribution in [0, 0.1) is 5.92 Å². The maximum Gasteiger partial charge on any atom is 0.220 e. The first-order valence-corrected chi connectivity index (χ1v) is 6.04. The molecule has 1 saturated heterocycles. The zero-order chi connectivity index (χ0) is 12.0. The molecule has 0 saturated carbocycles. The van der Waals surface area contributed by atoms with Crippen molar-refractivity contribution in [1.82, 2.24) is 10.6 Å². The fourth-order valence-electron chi connectivity index (χ4n) is 2.13. The summed E-state index contributed by atoms with van der Waals surface area (Å²) in [5.74, 6) is 0.810. The Hall–Kier alpha value is -0.610. The molecule has 2 N–H and O–H groups in total. The lowest BCUT2D eigenvalue weighted by Gasteiger charge is -2.25.